The van der Waals surface area contributed by atoms with E-state index >= 15 is 0 Å². The third kappa shape index (κ3) is 3.82. The van der Waals surface area contributed by atoms with Gasteiger partial charge in [0.25, 0.3) is 0 Å². The predicted molar refractivity (Wildman–Crippen MR) is 70.0 cm³/mol. The van der Waals surface area contributed by atoms with E-state index in [1.54, 1.807) is 20.8 Å². The molecule has 0 aromatic carbocycles. The minimum absolute atomic E-state index is 0.0216. The van der Waals surface area contributed by atoms with Crippen LogP contribution < -0.4 is 0 Å². The van der Waals surface area contributed by atoms with Crippen LogP contribution in [0.4, 0.5) is 0 Å². The molecular formula is C13H17N3O5. The summed E-state index contributed by atoms with van der Waals surface area (Å²) in [6, 6.07) is -1.11. The minimum atomic E-state index is -1.11. The van der Waals surface area contributed by atoms with E-state index in [4.69, 9.17) is 10.3 Å². The number of likely N-dealkylation sites (tertiary alicyclic amines) is 1. The Hall–Kier alpha value is -2.34. The van der Waals surface area contributed by atoms with Gasteiger partial charge in [-0.05, 0) is 27.2 Å². The summed E-state index contributed by atoms with van der Waals surface area (Å²) in [6.07, 6.45) is 0.0857. The maximum absolute atomic E-state index is 12.1. The standard InChI is InChI=1S/C13H17N3O5/c1-7(17)10(15-14)11(19)16-8(5-6-9(16)18)12(20)21-13(2,3)4/h8H,5-6H2,1-4H3. The molecule has 0 aromatic rings. The predicted octanol–water partition coefficient (Wildman–Crippen LogP) is 0.105. The molecule has 1 heterocycles. The van der Waals surface area contributed by atoms with E-state index in [0.29, 0.717) is 4.90 Å². The molecule has 1 fully saturated rings. The molecule has 21 heavy (non-hydrogen) atoms. The van der Waals surface area contributed by atoms with Gasteiger partial charge < -0.3 is 10.3 Å². The Morgan fingerprint density at radius 1 is 1.33 bits per heavy atom. The van der Waals surface area contributed by atoms with Gasteiger partial charge in [0.1, 0.15) is 11.6 Å². The summed E-state index contributed by atoms with van der Waals surface area (Å²) in [5, 5.41) is 0. The van der Waals surface area contributed by atoms with Crippen LogP contribution in [0.15, 0.2) is 0 Å². The first kappa shape index (κ1) is 16.7. The topological polar surface area (TPSA) is 117 Å². The van der Waals surface area contributed by atoms with Gasteiger partial charge in [0, 0.05) is 13.3 Å². The lowest BCUT2D eigenvalue weighted by Gasteiger charge is -2.25. The zero-order chi connectivity index (χ0) is 16.4. The van der Waals surface area contributed by atoms with Crippen LogP contribution in [-0.2, 0) is 23.9 Å². The van der Waals surface area contributed by atoms with Crippen LogP contribution in [0.2, 0.25) is 0 Å². The zero-order valence-electron chi connectivity index (χ0n) is 12.4. The summed E-state index contributed by atoms with van der Waals surface area (Å²) in [7, 11) is 0. The molecular weight excluding hydrogens is 278 g/mol. The SMILES string of the molecule is CC(=O)C(=[N+]=[N-])C(=O)N1C(=O)CCC1C(=O)OC(C)(C)C. The fraction of sp³-hybridized carbons (Fsp3) is 0.615. The Bertz CT molecular complexity index is 555. The molecule has 0 N–H and O–H groups in total. The highest BCUT2D eigenvalue weighted by Crippen LogP contribution is 2.22. The molecule has 1 aliphatic rings. The number of esters is 1. The van der Waals surface area contributed by atoms with Crippen LogP contribution >= 0.6 is 0 Å². The number of hydrogen-bond donors (Lipinski definition) is 0. The minimum Gasteiger partial charge on any atom is -0.458 e. The summed E-state index contributed by atoms with van der Waals surface area (Å²) in [4.78, 5) is 50.4. The third-order valence-corrected chi connectivity index (χ3v) is 2.75. The van der Waals surface area contributed by atoms with E-state index in [0.717, 1.165) is 6.92 Å². The summed E-state index contributed by atoms with van der Waals surface area (Å²) < 4.78 is 5.15. The number of rotatable bonds is 3. The van der Waals surface area contributed by atoms with Gasteiger partial charge in [-0.2, -0.15) is 4.79 Å². The summed E-state index contributed by atoms with van der Waals surface area (Å²) in [5.74, 6) is -3.24. The average Bonchev–Trinajstić information content (AvgIpc) is 2.69. The fourth-order valence-corrected chi connectivity index (χ4v) is 1.91. The van der Waals surface area contributed by atoms with Gasteiger partial charge >= 0.3 is 17.6 Å². The Balaban J connectivity index is 3.05. The number of hydrogen-bond acceptors (Lipinski definition) is 5. The van der Waals surface area contributed by atoms with Gasteiger partial charge in [-0.3, -0.25) is 19.3 Å². The second-order valence-electron chi connectivity index (χ2n) is 5.66. The molecule has 1 aliphatic heterocycles. The van der Waals surface area contributed by atoms with E-state index in [2.05, 4.69) is 4.79 Å². The van der Waals surface area contributed by atoms with Crippen molar-refractivity contribution in [2.75, 3.05) is 0 Å². The first-order valence-corrected chi connectivity index (χ1v) is 6.40. The van der Waals surface area contributed by atoms with Crippen molar-refractivity contribution in [1.29, 1.82) is 0 Å². The molecule has 114 valence electrons. The summed E-state index contributed by atoms with van der Waals surface area (Å²) in [6.45, 7) is 5.99. The molecule has 8 nitrogen and oxygen atoms in total. The van der Waals surface area contributed by atoms with Crippen LogP contribution in [0.3, 0.4) is 0 Å². The highest BCUT2D eigenvalue weighted by molar-refractivity contribution is 6.64. The van der Waals surface area contributed by atoms with Crippen molar-refractivity contribution >= 4 is 29.3 Å². The van der Waals surface area contributed by atoms with Crippen molar-refractivity contribution in [2.45, 2.75) is 52.2 Å². The number of ketones is 1. The van der Waals surface area contributed by atoms with Gasteiger partial charge in [-0.15, -0.1) is 0 Å². The Labute approximate surface area is 121 Å². The smallest absolute Gasteiger partial charge is 0.421 e. The molecule has 0 aromatic heterocycles. The van der Waals surface area contributed by atoms with Crippen LogP contribution in [0.5, 0.6) is 0 Å². The average molecular weight is 295 g/mol. The molecule has 0 aliphatic carbocycles. The molecule has 2 amide bonds. The van der Waals surface area contributed by atoms with Gasteiger partial charge in [-0.1, -0.05) is 0 Å². The number of carbonyl (C=O) groups excluding carboxylic acids is 4. The van der Waals surface area contributed by atoms with E-state index in [1.807, 2.05) is 0 Å². The molecule has 1 unspecified atom stereocenters. The third-order valence-electron chi connectivity index (χ3n) is 2.75. The highest BCUT2D eigenvalue weighted by Gasteiger charge is 2.46. The number of amides is 2. The van der Waals surface area contributed by atoms with E-state index < -0.39 is 40.9 Å². The number of carbonyl (C=O) groups is 4. The van der Waals surface area contributed by atoms with E-state index in [9.17, 15) is 19.2 Å². The molecule has 1 rings (SSSR count). The second-order valence-corrected chi connectivity index (χ2v) is 5.66. The number of Topliss-reactive ketones (excluding diaryl/α,β-unsaturated/α-hetero) is 1. The second kappa shape index (κ2) is 5.97. The number of imide groups is 1. The van der Waals surface area contributed by atoms with Crippen molar-refractivity contribution in [1.82, 2.24) is 4.90 Å². The Morgan fingerprint density at radius 2 is 1.90 bits per heavy atom. The maximum atomic E-state index is 12.1. The number of nitrogens with zero attached hydrogens (tertiary/aromatic N) is 3. The van der Waals surface area contributed by atoms with Crippen LogP contribution in [0.1, 0.15) is 40.5 Å². The Kier molecular flexibility index (Phi) is 4.75. The summed E-state index contributed by atoms with van der Waals surface area (Å²) >= 11 is 0. The zero-order valence-corrected chi connectivity index (χ0v) is 12.4. The van der Waals surface area contributed by atoms with Crippen LogP contribution in [0, 0.1) is 0 Å². The lowest BCUT2D eigenvalue weighted by Crippen LogP contribution is -2.49. The molecule has 8 heteroatoms. The molecule has 0 saturated carbocycles. The van der Waals surface area contributed by atoms with Gasteiger partial charge in [0.2, 0.25) is 11.7 Å². The molecule has 0 bridgehead atoms. The van der Waals surface area contributed by atoms with E-state index in [1.165, 1.54) is 0 Å². The van der Waals surface area contributed by atoms with Crippen molar-refractivity contribution in [3.05, 3.63) is 5.53 Å². The lowest BCUT2D eigenvalue weighted by molar-refractivity contribution is -0.165. The maximum Gasteiger partial charge on any atom is 0.421 e. The molecule has 0 spiro atoms. The van der Waals surface area contributed by atoms with Gasteiger partial charge in [0.05, 0.1) is 0 Å². The van der Waals surface area contributed by atoms with Crippen molar-refractivity contribution in [2.24, 2.45) is 0 Å². The first-order valence-electron chi connectivity index (χ1n) is 6.40. The van der Waals surface area contributed by atoms with Crippen LogP contribution in [-0.4, -0.2) is 50.6 Å². The monoisotopic (exact) mass is 295 g/mol. The van der Waals surface area contributed by atoms with Gasteiger partial charge in [-0.25, -0.2) is 4.79 Å². The van der Waals surface area contributed by atoms with E-state index in [-0.39, 0.29) is 12.8 Å². The lowest BCUT2D eigenvalue weighted by atomic mass is 10.1. The fourth-order valence-electron chi connectivity index (χ4n) is 1.91. The Morgan fingerprint density at radius 3 is 2.33 bits per heavy atom. The largest absolute Gasteiger partial charge is 0.458 e. The first-order chi connectivity index (χ1) is 9.58. The van der Waals surface area contributed by atoms with Crippen molar-refractivity contribution < 1.29 is 28.7 Å². The molecule has 0 radical (unpaired) electrons. The van der Waals surface area contributed by atoms with Gasteiger partial charge in [0.15, 0.2) is 0 Å². The molecule has 1 saturated heterocycles. The normalized spacial score (nSPS) is 18.2. The molecule has 1 atom stereocenters. The summed E-state index contributed by atoms with van der Waals surface area (Å²) in [5.41, 5.74) is 7.15. The van der Waals surface area contributed by atoms with Crippen LogP contribution in [0.25, 0.3) is 5.53 Å². The van der Waals surface area contributed by atoms with Crippen molar-refractivity contribution in [3.8, 4) is 0 Å². The quantitative estimate of drug-likeness (QED) is 0.241. The van der Waals surface area contributed by atoms with Crippen molar-refractivity contribution in [3.63, 3.8) is 0 Å². The number of ether oxygens (including phenoxy) is 1. The highest BCUT2D eigenvalue weighted by atomic mass is 16.6.